The first-order valence-corrected chi connectivity index (χ1v) is 7.73. The van der Waals surface area contributed by atoms with Gasteiger partial charge in [0.25, 0.3) is 5.92 Å². The summed E-state index contributed by atoms with van der Waals surface area (Å²) in [5, 5.41) is 0. The fourth-order valence-electron chi connectivity index (χ4n) is 1.66. The molecule has 0 aliphatic carbocycles. The molecule has 1 aromatic carbocycles. The molecule has 0 bridgehead atoms. The normalized spacial score (nSPS) is 14.4. The van der Waals surface area contributed by atoms with Crippen molar-refractivity contribution in [2.45, 2.75) is 57.8 Å². The molecule has 124 valence electrons. The van der Waals surface area contributed by atoms with Crippen LogP contribution in [0, 0.1) is 5.82 Å². The molecule has 2 nitrogen and oxygen atoms in total. The molecule has 0 fully saturated rings. The summed E-state index contributed by atoms with van der Waals surface area (Å²) in [6.45, 7) is 9.85. The predicted molar refractivity (Wildman–Crippen MR) is 88.1 cm³/mol. The van der Waals surface area contributed by atoms with E-state index in [0.29, 0.717) is 5.71 Å². The largest absolute Gasteiger partial charge is 0.320 e. The summed E-state index contributed by atoms with van der Waals surface area (Å²) in [6, 6.07) is 3.91. The SMILES string of the molecule is CC(=NSC(C)(C)C)c1cccc(C(F)(F)C(C)(C)N)c1F. The van der Waals surface area contributed by atoms with E-state index in [2.05, 4.69) is 4.40 Å². The number of hydrogen-bond acceptors (Lipinski definition) is 3. The lowest BCUT2D eigenvalue weighted by molar-refractivity contribution is -0.0700. The summed E-state index contributed by atoms with van der Waals surface area (Å²) in [7, 11) is 0. The molecule has 1 rings (SSSR count). The molecule has 0 spiro atoms. The Kier molecular flexibility index (Phi) is 5.40. The molecule has 2 N–H and O–H groups in total. The van der Waals surface area contributed by atoms with Gasteiger partial charge in [-0.3, -0.25) is 0 Å². The van der Waals surface area contributed by atoms with Gasteiger partial charge < -0.3 is 5.73 Å². The Morgan fingerprint density at radius 3 is 2.14 bits per heavy atom. The van der Waals surface area contributed by atoms with Gasteiger partial charge in [0.05, 0.1) is 16.8 Å². The van der Waals surface area contributed by atoms with Crippen LogP contribution in [0.5, 0.6) is 0 Å². The zero-order valence-corrected chi connectivity index (χ0v) is 14.6. The van der Waals surface area contributed by atoms with Crippen molar-refractivity contribution in [3.05, 3.63) is 35.1 Å². The maximum absolute atomic E-state index is 14.5. The lowest BCUT2D eigenvalue weighted by Gasteiger charge is -2.31. The summed E-state index contributed by atoms with van der Waals surface area (Å²) < 4.78 is 47.3. The molecule has 6 heteroatoms. The van der Waals surface area contributed by atoms with Gasteiger partial charge in [-0.2, -0.15) is 8.78 Å². The molecule has 1 aromatic rings. The van der Waals surface area contributed by atoms with Crippen LogP contribution in [0.2, 0.25) is 0 Å². The summed E-state index contributed by atoms with van der Waals surface area (Å²) in [5.41, 5.74) is 3.37. The van der Waals surface area contributed by atoms with Gasteiger partial charge in [0.2, 0.25) is 0 Å². The number of rotatable bonds is 4. The van der Waals surface area contributed by atoms with Crippen molar-refractivity contribution in [2.24, 2.45) is 10.1 Å². The molecular weight excluding hydrogens is 309 g/mol. The van der Waals surface area contributed by atoms with Gasteiger partial charge in [-0.25, -0.2) is 8.79 Å². The Morgan fingerprint density at radius 1 is 1.14 bits per heavy atom. The van der Waals surface area contributed by atoms with Gasteiger partial charge in [-0.1, -0.05) is 12.1 Å². The van der Waals surface area contributed by atoms with E-state index in [1.165, 1.54) is 37.9 Å². The maximum Gasteiger partial charge on any atom is 0.293 e. The summed E-state index contributed by atoms with van der Waals surface area (Å²) in [6.07, 6.45) is 0. The molecule has 0 amide bonds. The highest BCUT2D eigenvalue weighted by Gasteiger charge is 2.47. The number of halogens is 3. The zero-order chi connectivity index (χ0) is 17.3. The minimum Gasteiger partial charge on any atom is -0.320 e. The second-order valence-corrected chi connectivity index (χ2v) is 8.43. The molecule has 0 radical (unpaired) electrons. The van der Waals surface area contributed by atoms with Crippen LogP contribution in [0.1, 0.15) is 52.7 Å². The fourth-order valence-corrected chi connectivity index (χ4v) is 2.16. The Morgan fingerprint density at radius 2 is 1.68 bits per heavy atom. The van der Waals surface area contributed by atoms with E-state index in [1.54, 1.807) is 6.92 Å². The second kappa shape index (κ2) is 6.24. The van der Waals surface area contributed by atoms with Crippen molar-refractivity contribution in [3.8, 4) is 0 Å². The molecule has 0 heterocycles. The van der Waals surface area contributed by atoms with Crippen LogP contribution in [0.3, 0.4) is 0 Å². The molecule has 0 aromatic heterocycles. The van der Waals surface area contributed by atoms with Gasteiger partial charge in [0.15, 0.2) is 0 Å². The summed E-state index contributed by atoms with van der Waals surface area (Å²) in [4.78, 5) is 0. The van der Waals surface area contributed by atoms with Crippen molar-refractivity contribution in [2.75, 3.05) is 0 Å². The van der Waals surface area contributed by atoms with Crippen LogP contribution in [0.25, 0.3) is 0 Å². The van der Waals surface area contributed by atoms with E-state index in [4.69, 9.17) is 5.73 Å². The first kappa shape index (κ1) is 19.0. The summed E-state index contributed by atoms with van der Waals surface area (Å²) >= 11 is 1.27. The average Bonchev–Trinajstić information content (AvgIpc) is 2.33. The minimum atomic E-state index is -3.48. The predicted octanol–water partition coefficient (Wildman–Crippen LogP) is 4.91. The molecule has 0 aliphatic rings. The molecule has 0 aliphatic heterocycles. The van der Waals surface area contributed by atoms with Crippen LogP contribution < -0.4 is 5.73 Å². The minimum absolute atomic E-state index is 0.0678. The van der Waals surface area contributed by atoms with E-state index < -0.39 is 22.8 Å². The Hall–Kier alpha value is -1.01. The number of alkyl halides is 2. The fraction of sp³-hybridized carbons (Fsp3) is 0.562. The quantitative estimate of drug-likeness (QED) is 0.628. The third-order valence-electron chi connectivity index (χ3n) is 2.99. The van der Waals surface area contributed by atoms with Crippen LogP contribution in [-0.2, 0) is 5.92 Å². The number of nitrogens with two attached hydrogens (primary N) is 1. The molecule has 0 unspecified atom stereocenters. The van der Waals surface area contributed by atoms with Crippen LogP contribution in [-0.4, -0.2) is 16.0 Å². The molecule has 0 saturated heterocycles. The molecule has 0 saturated carbocycles. The number of nitrogens with zero attached hydrogens (tertiary/aromatic N) is 1. The van der Waals surface area contributed by atoms with Gasteiger partial charge in [-0.15, -0.1) is 0 Å². The van der Waals surface area contributed by atoms with Crippen LogP contribution >= 0.6 is 11.9 Å². The number of hydrogen-bond donors (Lipinski definition) is 1. The lowest BCUT2D eigenvalue weighted by atomic mass is 9.89. The smallest absolute Gasteiger partial charge is 0.293 e. The lowest BCUT2D eigenvalue weighted by Crippen LogP contribution is -2.49. The van der Waals surface area contributed by atoms with Gasteiger partial charge >= 0.3 is 0 Å². The standard InChI is InChI=1S/C16H23F3N2S/c1-10(21-22-14(2,3)4)11-8-7-9-12(13(11)17)16(18,19)15(5,6)20/h7-9H,20H2,1-6H3. The first-order valence-electron chi connectivity index (χ1n) is 6.96. The molecule has 0 atom stereocenters. The Labute approximate surface area is 134 Å². The first-order chi connectivity index (χ1) is 9.77. The zero-order valence-electron chi connectivity index (χ0n) is 13.8. The maximum atomic E-state index is 14.5. The van der Waals surface area contributed by atoms with Gasteiger partial charge in [0, 0.05) is 10.3 Å². The van der Waals surface area contributed by atoms with Crippen molar-refractivity contribution in [1.29, 1.82) is 0 Å². The van der Waals surface area contributed by atoms with Crippen LogP contribution in [0.4, 0.5) is 13.2 Å². The Balaban J connectivity index is 3.31. The monoisotopic (exact) mass is 332 g/mol. The van der Waals surface area contributed by atoms with Gasteiger partial charge in [0.1, 0.15) is 5.82 Å². The van der Waals surface area contributed by atoms with Crippen molar-refractivity contribution < 1.29 is 13.2 Å². The third kappa shape index (κ3) is 4.26. The highest BCUT2D eigenvalue weighted by Crippen LogP contribution is 2.39. The summed E-state index contributed by atoms with van der Waals surface area (Å²) in [5.74, 6) is -4.45. The van der Waals surface area contributed by atoms with Crippen molar-refractivity contribution in [1.82, 2.24) is 0 Å². The average molecular weight is 332 g/mol. The third-order valence-corrected chi connectivity index (χ3v) is 3.91. The van der Waals surface area contributed by atoms with Crippen molar-refractivity contribution >= 4 is 17.7 Å². The number of benzene rings is 1. The topological polar surface area (TPSA) is 38.4 Å². The Bertz CT molecular complexity index is 570. The van der Waals surface area contributed by atoms with E-state index in [1.807, 2.05) is 20.8 Å². The van der Waals surface area contributed by atoms with Crippen molar-refractivity contribution in [3.63, 3.8) is 0 Å². The van der Waals surface area contributed by atoms with Gasteiger partial charge in [-0.05, 0) is 59.6 Å². The van der Waals surface area contributed by atoms with E-state index in [9.17, 15) is 13.2 Å². The second-order valence-electron chi connectivity index (χ2n) is 6.84. The molecular formula is C16H23F3N2S. The van der Waals surface area contributed by atoms with E-state index in [0.717, 1.165) is 6.07 Å². The highest BCUT2D eigenvalue weighted by atomic mass is 32.2. The van der Waals surface area contributed by atoms with E-state index >= 15 is 0 Å². The molecule has 22 heavy (non-hydrogen) atoms. The van der Waals surface area contributed by atoms with Crippen LogP contribution in [0.15, 0.2) is 22.6 Å². The van der Waals surface area contributed by atoms with E-state index in [-0.39, 0.29) is 10.3 Å². The highest BCUT2D eigenvalue weighted by molar-refractivity contribution is 7.99.